The first kappa shape index (κ1) is 12.5. The molecule has 0 amide bonds. The van der Waals surface area contributed by atoms with Gasteiger partial charge in [-0.25, -0.2) is 0 Å². The van der Waals surface area contributed by atoms with Crippen LogP contribution in [0, 0.1) is 0 Å². The van der Waals surface area contributed by atoms with Crippen molar-refractivity contribution in [2.24, 2.45) is 0 Å². The number of hydrogen-bond acceptors (Lipinski definition) is 5. The van der Waals surface area contributed by atoms with Gasteiger partial charge in [-0.3, -0.25) is 4.79 Å². The Labute approximate surface area is 106 Å². The van der Waals surface area contributed by atoms with E-state index >= 15 is 0 Å². The molecule has 0 bridgehead atoms. The second-order valence-corrected chi connectivity index (χ2v) is 4.05. The summed E-state index contributed by atoms with van der Waals surface area (Å²) in [7, 11) is 3.18. The molecule has 1 atom stereocenters. The fourth-order valence-electron chi connectivity index (χ4n) is 2.01. The van der Waals surface area contributed by atoms with Gasteiger partial charge in [-0.2, -0.15) is 0 Å². The summed E-state index contributed by atoms with van der Waals surface area (Å²) in [6, 6.07) is 3.60. The van der Waals surface area contributed by atoms with Crippen molar-refractivity contribution in [1.82, 2.24) is 0 Å². The zero-order valence-electron chi connectivity index (χ0n) is 10.7. The molecule has 1 aromatic rings. The lowest BCUT2D eigenvalue weighted by molar-refractivity contribution is -0.148. The van der Waals surface area contributed by atoms with Crippen molar-refractivity contribution in [2.45, 2.75) is 19.4 Å². The Kier molecular flexibility index (Phi) is 3.60. The van der Waals surface area contributed by atoms with Crippen LogP contribution in [-0.4, -0.2) is 32.9 Å². The molecule has 98 valence electrons. The first-order valence-corrected chi connectivity index (χ1v) is 5.69. The molecular weight excluding hydrogens is 236 g/mol. The predicted octanol–water partition coefficient (Wildman–Crippen LogP) is 1.57. The van der Waals surface area contributed by atoms with Crippen LogP contribution < -0.4 is 14.2 Å². The van der Waals surface area contributed by atoms with Gasteiger partial charge in [0.1, 0.15) is 30.0 Å². The highest BCUT2D eigenvalue weighted by Gasteiger charge is 2.26. The first-order chi connectivity index (χ1) is 8.63. The molecule has 0 radical (unpaired) electrons. The van der Waals surface area contributed by atoms with E-state index in [0.717, 1.165) is 11.3 Å². The number of carbonyl (C=O) groups is 1. The minimum atomic E-state index is -0.306. The molecule has 1 aliphatic rings. The lowest BCUT2D eigenvalue weighted by Crippen LogP contribution is -2.30. The minimum Gasteiger partial charge on any atom is -0.496 e. The standard InChI is InChI=1S/C13H16O5/c1-8(14)18-10-4-11-12(16-3)5-9(15-2)6-13(11)17-7-10/h5-6,10H,4,7H2,1-3H3. The number of esters is 1. The average Bonchev–Trinajstić information content (AvgIpc) is 2.36. The molecule has 2 rings (SSSR count). The van der Waals surface area contributed by atoms with Gasteiger partial charge in [0.2, 0.25) is 0 Å². The molecule has 5 heteroatoms. The number of hydrogen-bond donors (Lipinski definition) is 0. The Hall–Kier alpha value is -1.91. The van der Waals surface area contributed by atoms with Crippen LogP contribution in [0.15, 0.2) is 12.1 Å². The highest BCUT2D eigenvalue weighted by atomic mass is 16.6. The van der Waals surface area contributed by atoms with Crippen molar-refractivity contribution in [3.05, 3.63) is 17.7 Å². The van der Waals surface area contributed by atoms with Gasteiger partial charge in [0.25, 0.3) is 0 Å². The third-order valence-corrected chi connectivity index (χ3v) is 2.79. The molecule has 0 aliphatic carbocycles. The Balaban J connectivity index is 2.28. The SMILES string of the molecule is COc1cc(OC)c2c(c1)OCC(OC(C)=O)C2. The fraction of sp³-hybridized carbons (Fsp3) is 0.462. The van der Waals surface area contributed by atoms with Gasteiger partial charge in [0, 0.05) is 31.0 Å². The number of rotatable bonds is 3. The smallest absolute Gasteiger partial charge is 0.303 e. The van der Waals surface area contributed by atoms with Gasteiger partial charge in [-0.1, -0.05) is 0 Å². The molecule has 1 aliphatic heterocycles. The molecular formula is C13H16O5. The van der Waals surface area contributed by atoms with Crippen LogP contribution >= 0.6 is 0 Å². The largest absolute Gasteiger partial charge is 0.496 e. The van der Waals surface area contributed by atoms with E-state index < -0.39 is 0 Å². The van der Waals surface area contributed by atoms with Crippen LogP contribution in [0.1, 0.15) is 12.5 Å². The third kappa shape index (κ3) is 2.50. The number of methoxy groups -OCH3 is 2. The van der Waals surface area contributed by atoms with Gasteiger partial charge < -0.3 is 18.9 Å². The van der Waals surface area contributed by atoms with E-state index in [1.54, 1.807) is 20.3 Å². The molecule has 1 heterocycles. The Bertz CT molecular complexity index is 438. The molecule has 0 spiro atoms. The van der Waals surface area contributed by atoms with E-state index in [1.807, 2.05) is 6.07 Å². The highest BCUT2D eigenvalue weighted by Crippen LogP contribution is 2.37. The van der Waals surface area contributed by atoms with Crippen molar-refractivity contribution in [1.29, 1.82) is 0 Å². The Morgan fingerprint density at radius 1 is 1.33 bits per heavy atom. The third-order valence-electron chi connectivity index (χ3n) is 2.79. The van der Waals surface area contributed by atoms with Gasteiger partial charge in [-0.15, -0.1) is 0 Å². The van der Waals surface area contributed by atoms with Gasteiger partial charge in [0.15, 0.2) is 0 Å². The van der Waals surface area contributed by atoms with Gasteiger partial charge in [0.05, 0.1) is 14.2 Å². The van der Waals surface area contributed by atoms with Crippen LogP contribution in [0.2, 0.25) is 0 Å². The molecule has 0 fully saturated rings. The molecule has 0 N–H and O–H groups in total. The molecule has 0 saturated carbocycles. The lowest BCUT2D eigenvalue weighted by atomic mass is 10.0. The summed E-state index contributed by atoms with van der Waals surface area (Å²) < 4.78 is 21.2. The normalized spacial score (nSPS) is 17.4. The average molecular weight is 252 g/mol. The second kappa shape index (κ2) is 5.16. The van der Waals surface area contributed by atoms with Gasteiger partial charge >= 0.3 is 5.97 Å². The zero-order valence-corrected chi connectivity index (χ0v) is 10.7. The summed E-state index contributed by atoms with van der Waals surface area (Å²) in [5.74, 6) is 1.77. The number of fused-ring (bicyclic) bond motifs is 1. The number of benzene rings is 1. The maximum atomic E-state index is 10.9. The van der Waals surface area contributed by atoms with E-state index in [0.29, 0.717) is 24.5 Å². The van der Waals surface area contributed by atoms with Crippen LogP contribution in [0.5, 0.6) is 17.2 Å². The van der Waals surface area contributed by atoms with Crippen molar-refractivity contribution in [3.8, 4) is 17.2 Å². The van der Waals surface area contributed by atoms with Crippen LogP contribution in [0.4, 0.5) is 0 Å². The molecule has 18 heavy (non-hydrogen) atoms. The summed E-state index contributed by atoms with van der Waals surface area (Å²) in [6.07, 6.45) is 0.319. The van der Waals surface area contributed by atoms with E-state index in [1.165, 1.54) is 6.92 Å². The monoisotopic (exact) mass is 252 g/mol. The molecule has 0 saturated heterocycles. The van der Waals surface area contributed by atoms with Crippen molar-refractivity contribution in [3.63, 3.8) is 0 Å². The second-order valence-electron chi connectivity index (χ2n) is 4.05. The topological polar surface area (TPSA) is 54.0 Å². The van der Waals surface area contributed by atoms with E-state index in [2.05, 4.69) is 0 Å². The van der Waals surface area contributed by atoms with Gasteiger partial charge in [-0.05, 0) is 0 Å². The molecule has 0 aromatic heterocycles. The molecule has 1 unspecified atom stereocenters. The maximum absolute atomic E-state index is 10.9. The summed E-state index contributed by atoms with van der Waals surface area (Å²) in [4.78, 5) is 10.9. The number of ether oxygens (including phenoxy) is 4. The highest BCUT2D eigenvalue weighted by molar-refractivity contribution is 5.66. The molecule has 1 aromatic carbocycles. The maximum Gasteiger partial charge on any atom is 0.303 e. The fourth-order valence-corrected chi connectivity index (χ4v) is 2.01. The van der Waals surface area contributed by atoms with Crippen LogP contribution in [-0.2, 0) is 16.0 Å². The van der Waals surface area contributed by atoms with Crippen molar-refractivity contribution < 1.29 is 23.7 Å². The lowest BCUT2D eigenvalue weighted by Gasteiger charge is -2.26. The predicted molar refractivity (Wildman–Crippen MR) is 64.3 cm³/mol. The number of carbonyl (C=O) groups excluding carboxylic acids is 1. The van der Waals surface area contributed by atoms with E-state index in [9.17, 15) is 4.79 Å². The van der Waals surface area contributed by atoms with Crippen LogP contribution in [0.25, 0.3) is 0 Å². The first-order valence-electron chi connectivity index (χ1n) is 5.69. The summed E-state index contributed by atoms with van der Waals surface area (Å²) in [5, 5.41) is 0. The summed E-state index contributed by atoms with van der Waals surface area (Å²) >= 11 is 0. The quantitative estimate of drug-likeness (QED) is 0.764. The Morgan fingerprint density at radius 3 is 2.72 bits per heavy atom. The van der Waals surface area contributed by atoms with Crippen LogP contribution in [0.3, 0.4) is 0 Å². The molecule has 5 nitrogen and oxygen atoms in total. The van der Waals surface area contributed by atoms with Crippen molar-refractivity contribution in [2.75, 3.05) is 20.8 Å². The minimum absolute atomic E-state index is 0.266. The van der Waals surface area contributed by atoms with E-state index in [4.69, 9.17) is 18.9 Å². The zero-order chi connectivity index (χ0) is 13.1. The summed E-state index contributed by atoms with van der Waals surface area (Å²) in [5.41, 5.74) is 0.899. The summed E-state index contributed by atoms with van der Waals surface area (Å²) in [6.45, 7) is 1.74. The van der Waals surface area contributed by atoms with Crippen molar-refractivity contribution >= 4 is 5.97 Å². The van der Waals surface area contributed by atoms with E-state index in [-0.39, 0.29) is 12.1 Å². The Morgan fingerprint density at radius 2 is 2.11 bits per heavy atom.